The van der Waals surface area contributed by atoms with Crippen molar-refractivity contribution in [3.63, 3.8) is 0 Å². The molecule has 0 atom stereocenters. The van der Waals surface area contributed by atoms with Crippen LogP contribution in [0.25, 0.3) is 0 Å². The van der Waals surface area contributed by atoms with Crippen molar-refractivity contribution < 1.29 is 9.90 Å². The molecule has 1 aliphatic rings. The molecular weight excluding hydrogens is 230 g/mol. The normalized spacial score (nSPS) is 18.5. The van der Waals surface area contributed by atoms with Crippen molar-refractivity contribution >= 4 is 5.97 Å². The summed E-state index contributed by atoms with van der Waals surface area (Å²) < 4.78 is 0. The van der Waals surface area contributed by atoms with Gasteiger partial charge in [-0.1, -0.05) is 19.3 Å². The van der Waals surface area contributed by atoms with Gasteiger partial charge >= 0.3 is 5.97 Å². The van der Waals surface area contributed by atoms with Gasteiger partial charge in [0.1, 0.15) is 11.9 Å². The van der Waals surface area contributed by atoms with Gasteiger partial charge in [-0.3, -0.25) is 0 Å². The minimum atomic E-state index is -0.971. The SMILES string of the molecule is CC1(NCc2ncncc2C(=O)O)CCCCC1. The minimum absolute atomic E-state index is 0.110. The van der Waals surface area contributed by atoms with Gasteiger partial charge in [0.15, 0.2) is 0 Å². The Morgan fingerprint density at radius 1 is 1.44 bits per heavy atom. The van der Waals surface area contributed by atoms with Crippen molar-refractivity contribution in [2.24, 2.45) is 0 Å². The van der Waals surface area contributed by atoms with Gasteiger partial charge in [-0.25, -0.2) is 14.8 Å². The summed E-state index contributed by atoms with van der Waals surface area (Å²) >= 11 is 0. The monoisotopic (exact) mass is 249 g/mol. The molecule has 98 valence electrons. The molecule has 0 spiro atoms. The molecule has 1 saturated carbocycles. The number of carboxylic acids is 1. The lowest BCUT2D eigenvalue weighted by atomic mass is 9.83. The summed E-state index contributed by atoms with van der Waals surface area (Å²) in [6, 6.07) is 0. The summed E-state index contributed by atoms with van der Waals surface area (Å²) in [5.41, 5.74) is 0.854. The summed E-state index contributed by atoms with van der Waals surface area (Å²) in [5, 5.41) is 12.5. The van der Waals surface area contributed by atoms with E-state index in [0.717, 1.165) is 12.8 Å². The molecule has 5 nitrogen and oxygen atoms in total. The molecule has 0 bridgehead atoms. The van der Waals surface area contributed by atoms with Crippen LogP contribution in [0.5, 0.6) is 0 Å². The second kappa shape index (κ2) is 5.44. The number of nitrogens with zero attached hydrogens (tertiary/aromatic N) is 2. The first kappa shape index (κ1) is 13.0. The summed E-state index contributed by atoms with van der Waals surface area (Å²) in [7, 11) is 0. The smallest absolute Gasteiger partial charge is 0.339 e. The number of aromatic carboxylic acids is 1. The Labute approximate surface area is 107 Å². The van der Waals surface area contributed by atoms with Crippen LogP contribution in [-0.2, 0) is 6.54 Å². The van der Waals surface area contributed by atoms with Crippen LogP contribution < -0.4 is 5.32 Å². The predicted molar refractivity (Wildman–Crippen MR) is 67.3 cm³/mol. The molecule has 0 aliphatic heterocycles. The van der Waals surface area contributed by atoms with Gasteiger partial charge in [-0.15, -0.1) is 0 Å². The van der Waals surface area contributed by atoms with Crippen molar-refractivity contribution in [3.05, 3.63) is 23.8 Å². The van der Waals surface area contributed by atoms with Crippen LogP contribution >= 0.6 is 0 Å². The number of hydrogen-bond donors (Lipinski definition) is 2. The third-order valence-corrected chi connectivity index (χ3v) is 3.66. The molecule has 1 heterocycles. The number of carboxylic acid groups (broad SMARTS) is 1. The first-order valence-electron chi connectivity index (χ1n) is 6.38. The fraction of sp³-hybridized carbons (Fsp3) is 0.615. The molecule has 0 radical (unpaired) electrons. The van der Waals surface area contributed by atoms with Gasteiger partial charge in [0.2, 0.25) is 0 Å². The van der Waals surface area contributed by atoms with E-state index in [4.69, 9.17) is 5.11 Å². The number of aromatic nitrogens is 2. The van der Waals surface area contributed by atoms with Crippen LogP contribution in [0.2, 0.25) is 0 Å². The zero-order valence-corrected chi connectivity index (χ0v) is 10.6. The molecule has 0 amide bonds. The first-order chi connectivity index (χ1) is 8.61. The minimum Gasteiger partial charge on any atom is -0.478 e. The predicted octanol–water partition coefficient (Wildman–Crippen LogP) is 1.99. The lowest BCUT2D eigenvalue weighted by molar-refractivity contribution is 0.0694. The van der Waals surface area contributed by atoms with Crippen molar-refractivity contribution in [2.75, 3.05) is 0 Å². The van der Waals surface area contributed by atoms with Gasteiger partial charge < -0.3 is 10.4 Å². The topological polar surface area (TPSA) is 75.1 Å². The van der Waals surface area contributed by atoms with Gasteiger partial charge in [-0.05, 0) is 19.8 Å². The first-order valence-corrected chi connectivity index (χ1v) is 6.38. The van der Waals surface area contributed by atoms with Crippen LogP contribution in [-0.4, -0.2) is 26.6 Å². The molecule has 1 aromatic heterocycles. The van der Waals surface area contributed by atoms with Crippen molar-refractivity contribution in [1.82, 2.24) is 15.3 Å². The van der Waals surface area contributed by atoms with Gasteiger partial charge in [0.25, 0.3) is 0 Å². The van der Waals surface area contributed by atoms with E-state index in [9.17, 15) is 4.79 Å². The van der Waals surface area contributed by atoms with Crippen LogP contribution in [0.3, 0.4) is 0 Å². The largest absolute Gasteiger partial charge is 0.478 e. The van der Waals surface area contributed by atoms with E-state index in [1.165, 1.54) is 31.8 Å². The number of hydrogen-bond acceptors (Lipinski definition) is 4. The van der Waals surface area contributed by atoms with Crippen LogP contribution in [0.1, 0.15) is 55.1 Å². The van der Waals surface area contributed by atoms with E-state index in [1.54, 1.807) is 0 Å². The Kier molecular flexibility index (Phi) is 3.91. The Morgan fingerprint density at radius 2 is 2.17 bits per heavy atom. The molecule has 1 fully saturated rings. The number of nitrogens with one attached hydrogen (secondary N) is 1. The average molecular weight is 249 g/mol. The maximum atomic E-state index is 11.0. The average Bonchev–Trinajstić information content (AvgIpc) is 2.38. The Bertz CT molecular complexity index is 428. The van der Waals surface area contributed by atoms with E-state index in [0.29, 0.717) is 12.2 Å². The molecule has 2 N–H and O–H groups in total. The maximum Gasteiger partial charge on any atom is 0.339 e. The molecule has 5 heteroatoms. The van der Waals surface area contributed by atoms with E-state index < -0.39 is 5.97 Å². The van der Waals surface area contributed by atoms with Gasteiger partial charge in [0, 0.05) is 18.3 Å². The molecule has 0 unspecified atom stereocenters. The summed E-state index contributed by atoms with van der Waals surface area (Å²) in [4.78, 5) is 18.9. The molecule has 18 heavy (non-hydrogen) atoms. The Balaban J connectivity index is 2.03. The molecular formula is C13H19N3O2. The van der Waals surface area contributed by atoms with Crippen molar-refractivity contribution in [1.29, 1.82) is 0 Å². The summed E-state index contributed by atoms with van der Waals surface area (Å²) in [6.45, 7) is 2.69. The second-order valence-corrected chi connectivity index (χ2v) is 5.16. The van der Waals surface area contributed by atoms with Crippen molar-refractivity contribution in [3.8, 4) is 0 Å². The Morgan fingerprint density at radius 3 is 2.83 bits per heavy atom. The third kappa shape index (κ3) is 3.04. The lowest BCUT2D eigenvalue weighted by Gasteiger charge is -2.34. The summed E-state index contributed by atoms with van der Waals surface area (Å²) in [5.74, 6) is -0.971. The molecule has 1 aromatic rings. The molecule has 0 aromatic carbocycles. The maximum absolute atomic E-state index is 11.0. The van der Waals surface area contributed by atoms with Crippen LogP contribution in [0, 0.1) is 0 Å². The number of carbonyl (C=O) groups is 1. The van der Waals surface area contributed by atoms with E-state index >= 15 is 0 Å². The highest BCUT2D eigenvalue weighted by Gasteiger charge is 2.26. The zero-order chi connectivity index (χ0) is 13.0. The molecule has 1 aliphatic carbocycles. The second-order valence-electron chi connectivity index (χ2n) is 5.16. The summed E-state index contributed by atoms with van der Waals surface area (Å²) in [6.07, 6.45) is 8.80. The zero-order valence-electron chi connectivity index (χ0n) is 10.6. The molecule has 0 saturated heterocycles. The van der Waals surface area contributed by atoms with Crippen LogP contribution in [0.15, 0.2) is 12.5 Å². The quantitative estimate of drug-likeness (QED) is 0.853. The number of rotatable bonds is 4. The highest BCUT2D eigenvalue weighted by molar-refractivity contribution is 5.88. The fourth-order valence-corrected chi connectivity index (χ4v) is 2.48. The highest BCUT2D eigenvalue weighted by atomic mass is 16.4. The van der Waals surface area contributed by atoms with Gasteiger partial charge in [0.05, 0.1) is 5.69 Å². The standard InChI is InChI=1S/C13H19N3O2/c1-13(5-3-2-4-6-13)16-8-11-10(12(17)18)7-14-9-15-11/h7,9,16H,2-6,8H2,1H3,(H,17,18). The fourth-order valence-electron chi connectivity index (χ4n) is 2.48. The van der Waals surface area contributed by atoms with E-state index in [1.807, 2.05) is 0 Å². The Hall–Kier alpha value is -1.49. The van der Waals surface area contributed by atoms with Crippen molar-refractivity contribution in [2.45, 2.75) is 51.1 Å². The molecule has 2 rings (SSSR count). The highest BCUT2D eigenvalue weighted by Crippen LogP contribution is 2.27. The van der Waals surface area contributed by atoms with Gasteiger partial charge in [-0.2, -0.15) is 0 Å². The van der Waals surface area contributed by atoms with E-state index in [2.05, 4.69) is 22.2 Å². The third-order valence-electron chi connectivity index (χ3n) is 3.66. The lowest BCUT2D eigenvalue weighted by Crippen LogP contribution is -2.43. The van der Waals surface area contributed by atoms with Crippen LogP contribution in [0.4, 0.5) is 0 Å². The van der Waals surface area contributed by atoms with E-state index in [-0.39, 0.29) is 11.1 Å².